The first-order valence-electron chi connectivity index (χ1n) is 10.3. The Kier molecular flexibility index (Phi) is 6.68. The average Bonchev–Trinajstić information content (AvgIpc) is 2.86. The van der Waals surface area contributed by atoms with Crippen molar-refractivity contribution in [3.63, 3.8) is 0 Å². The quantitative estimate of drug-likeness (QED) is 0.397. The molecule has 1 amide bonds. The number of hydrogen-bond acceptors (Lipinski definition) is 6. The van der Waals surface area contributed by atoms with Gasteiger partial charge in [0, 0.05) is 16.6 Å². The van der Waals surface area contributed by atoms with Crippen molar-refractivity contribution in [1.82, 2.24) is 4.98 Å². The van der Waals surface area contributed by atoms with E-state index in [2.05, 4.69) is 10.3 Å². The molecule has 0 aliphatic carbocycles. The lowest BCUT2D eigenvalue weighted by Crippen LogP contribution is -2.21. The molecule has 1 heterocycles. The Bertz CT molecular complexity index is 1370. The van der Waals surface area contributed by atoms with Gasteiger partial charge in [-0.2, -0.15) is 0 Å². The molecule has 4 rings (SSSR count). The molecule has 0 unspecified atom stereocenters. The first-order chi connectivity index (χ1) is 16.5. The van der Waals surface area contributed by atoms with Crippen molar-refractivity contribution in [3.05, 3.63) is 84.2 Å². The number of nitrogens with one attached hydrogen (secondary N) is 1. The van der Waals surface area contributed by atoms with E-state index in [4.69, 9.17) is 14.2 Å². The van der Waals surface area contributed by atoms with Gasteiger partial charge in [-0.15, -0.1) is 0 Å². The summed E-state index contributed by atoms with van der Waals surface area (Å²) >= 11 is 0. The fourth-order valence-electron chi connectivity index (χ4n) is 3.46. The highest BCUT2D eigenvalue weighted by Crippen LogP contribution is 2.33. The van der Waals surface area contributed by atoms with Crippen molar-refractivity contribution >= 4 is 28.5 Å². The average molecular weight is 460 g/mol. The van der Waals surface area contributed by atoms with Gasteiger partial charge < -0.3 is 19.5 Å². The molecular weight excluding hydrogens is 439 g/mol. The number of nitrogens with zero attached hydrogens (tertiary/aromatic N) is 1. The molecule has 172 valence electrons. The van der Waals surface area contributed by atoms with E-state index in [0.717, 1.165) is 0 Å². The van der Waals surface area contributed by atoms with Crippen LogP contribution in [0.1, 0.15) is 10.4 Å². The molecular formula is C26H21FN2O5. The summed E-state index contributed by atoms with van der Waals surface area (Å²) in [5.41, 5.74) is 2.35. The highest BCUT2D eigenvalue weighted by molar-refractivity contribution is 6.05. The number of halogens is 1. The number of esters is 1. The number of methoxy groups -OCH3 is 2. The maximum absolute atomic E-state index is 13.3. The van der Waals surface area contributed by atoms with Crippen LogP contribution in [0, 0.1) is 5.82 Å². The second kappa shape index (κ2) is 9.99. The van der Waals surface area contributed by atoms with Crippen LogP contribution in [0.4, 0.5) is 10.1 Å². The summed E-state index contributed by atoms with van der Waals surface area (Å²) in [5, 5.41) is 3.08. The SMILES string of the molecule is COc1ccc(-c2cc(C(=O)OCC(=O)Nc3cccc(F)c3)c3ccccc3n2)cc1OC. The van der Waals surface area contributed by atoms with E-state index < -0.39 is 24.3 Å². The van der Waals surface area contributed by atoms with Crippen LogP contribution in [-0.4, -0.2) is 37.7 Å². The van der Waals surface area contributed by atoms with Crippen molar-refractivity contribution < 1.29 is 28.2 Å². The summed E-state index contributed by atoms with van der Waals surface area (Å²) in [6.45, 7) is -0.530. The Balaban J connectivity index is 1.60. The summed E-state index contributed by atoms with van der Waals surface area (Å²) in [6.07, 6.45) is 0. The molecule has 7 nitrogen and oxygen atoms in total. The standard InChI is InChI=1S/C26H21FN2O5/c1-32-23-11-10-16(12-24(23)33-2)22-14-20(19-8-3-4-9-21(19)29-22)26(31)34-15-25(30)28-18-7-5-6-17(27)13-18/h3-14H,15H2,1-2H3,(H,28,30). The molecule has 0 bridgehead atoms. The first kappa shape index (κ1) is 22.7. The lowest BCUT2D eigenvalue weighted by atomic mass is 10.0. The topological polar surface area (TPSA) is 86.8 Å². The van der Waals surface area contributed by atoms with Gasteiger partial charge in [-0.3, -0.25) is 4.79 Å². The zero-order chi connectivity index (χ0) is 24.1. The second-order valence-corrected chi connectivity index (χ2v) is 7.28. The number of amides is 1. The molecule has 0 spiro atoms. The van der Waals surface area contributed by atoms with Crippen molar-refractivity contribution in [1.29, 1.82) is 0 Å². The minimum Gasteiger partial charge on any atom is -0.493 e. The summed E-state index contributed by atoms with van der Waals surface area (Å²) in [6, 6.07) is 19.5. The van der Waals surface area contributed by atoms with Gasteiger partial charge in [0.25, 0.3) is 5.91 Å². The lowest BCUT2D eigenvalue weighted by molar-refractivity contribution is -0.119. The molecule has 0 saturated heterocycles. The van der Waals surface area contributed by atoms with E-state index in [1.807, 2.05) is 6.07 Å². The number of fused-ring (bicyclic) bond motifs is 1. The smallest absolute Gasteiger partial charge is 0.339 e. The molecule has 0 radical (unpaired) electrons. The number of benzene rings is 3. The predicted octanol–water partition coefficient (Wildman–Crippen LogP) is 4.85. The molecule has 4 aromatic rings. The number of hydrogen-bond donors (Lipinski definition) is 1. The van der Waals surface area contributed by atoms with E-state index in [1.165, 1.54) is 31.4 Å². The van der Waals surface area contributed by atoms with Crippen LogP contribution in [0.5, 0.6) is 11.5 Å². The number of carbonyl (C=O) groups excluding carboxylic acids is 2. The zero-order valence-corrected chi connectivity index (χ0v) is 18.5. The van der Waals surface area contributed by atoms with Crippen LogP contribution < -0.4 is 14.8 Å². The van der Waals surface area contributed by atoms with Crippen molar-refractivity contribution in [3.8, 4) is 22.8 Å². The van der Waals surface area contributed by atoms with Crippen molar-refractivity contribution in [2.45, 2.75) is 0 Å². The van der Waals surface area contributed by atoms with E-state index in [-0.39, 0.29) is 11.3 Å². The normalized spacial score (nSPS) is 10.6. The largest absolute Gasteiger partial charge is 0.493 e. The Labute approximate surface area is 195 Å². The maximum Gasteiger partial charge on any atom is 0.339 e. The third-order valence-electron chi connectivity index (χ3n) is 5.06. The molecule has 0 aliphatic heterocycles. The van der Waals surface area contributed by atoms with Crippen LogP contribution in [0.2, 0.25) is 0 Å². The van der Waals surface area contributed by atoms with Crippen LogP contribution in [0.25, 0.3) is 22.2 Å². The fraction of sp³-hybridized carbons (Fsp3) is 0.115. The Morgan fingerprint density at radius 2 is 1.71 bits per heavy atom. The monoisotopic (exact) mass is 460 g/mol. The molecule has 0 fully saturated rings. The Hall–Kier alpha value is -4.46. The third kappa shape index (κ3) is 4.96. The molecule has 1 N–H and O–H groups in total. The number of para-hydroxylation sites is 1. The van der Waals surface area contributed by atoms with Gasteiger partial charge in [-0.25, -0.2) is 14.2 Å². The molecule has 0 saturated carbocycles. The summed E-state index contributed by atoms with van der Waals surface area (Å²) in [7, 11) is 3.08. The molecule has 1 aromatic heterocycles. The fourth-order valence-corrected chi connectivity index (χ4v) is 3.46. The van der Waals surface area contributed by atoms with Gasteiger partial charge in [0.05, 0.1) is 31.0 Å². The summed E-state index contributed by atoms with van der Waals surface area (Å²) in [4.78, 5) is 29.8. The maximum atomic E-state index is 13.3. The van der Waals surface area contributed by atoms with Gasteiger partial charge in [0.2, 0.25) is 0 Å². The number of anilines is 1. The predicted molar refractivity (Wildman–Crippen MR) is 126 cm³/mol. The molecule has 8 heteroatoms. The van der Waals surface area contributed by atoms with Crippen LogP contribution in [-0.2, 0) is 9.53 Å². The van der Waals surface area contributed by atoms with Gasteiger partial charge in [-0.05, 0) is 48.5 Å². The first-order valence-corrected chi connectivity index (χ1v) is 10.3. The minimum absolute atomic E-state index is 0.258. The van der Waals surface area contributed by atoms with E-state index >= 15 is 0 Å². The van der Waals surface area contributed by atoms with Gasteiger partial charge in [0.15, 0.2) is 18.1 Å². The minimum atomic E-state index is -0.685. The lowest BCUT2D eigenvalue weighted by Gasteiger charge is -2.12. The van der Waals surface area contributed by atoms with Crippen molar-refractivity contribution in [2.24, 2.45) is 0 Å². The van der Waals surface area contributed by atoms with Gasteiger partial charge in [0.1, 0.15) is 5.82 Å². The summed E-state index contributed by atoms with van der Waals surface area (Å²) < 4.78 is 29.2. The Morgan fingerprint density at radius 3 is 2.47 bits per heavy atom. The van der Waals surface area contributed by atoms with Crippen LogP contribution >= 0.6 is 0 Å². The molecule has 3 aromatic carbocycles. The second-order valence-electron chi connectivity index (χ2n) is 7.28. The number of aromatic nitrogens is 1. The van der Waals surface area contributed by atoms with Gasteiger partial charge in [-0.1, -0.05) is 24.3 Å². The van der Waals surface area contributed by atoms with E-state index in [1.54, 1.807) is 49.6 Å². The highest BCUT2D eigenvalue weighted by atomic mass is 19.1. The van der Waals surface area contributed by atoms with Crippen LogP contribution in [0.15, 0.2) is 72.8 Å². The number of pyridine rings is 1. The van der Waals surface area contributed by atoms with Gasteiger partial charge >= 0.3 is 5.97 Å². The molecule has 0 aliphatic rings. The summed E-state index contributed by atoms with van der Waals surface area (Å²) in [5.74, 6) is -0.669. The number of carbonyl (C=O) groups is 2. The highest BCUT2D eigenvalue weighted by Gasteiger charge is 2.17. The van der Waals surface area contributed by atoms with E-state index in [9.17, 15) is 14.0 Å². The van der Waals surface area contributed by atoms with E-state index in [0.29, 0.717) is 33.7 Å². The van der Waals surface area contributed by atoms with Crippen LogP contribution in [0.3, 0.4) is 0 Å². The Morgan fingerprint density at radius 1 is 0.912 bits per heavy atom. The third-order valence-corrected chi connectivity index (χ3v) is 5.06. The molecule has 34 heavy (non-hydrogen) atoms. The number of rotatable bonds is 7. The molecule has 0 atom stereocenters. The number of ether oxygens (including phenoxy) is 3. The zero-order valence-electron chi connectivity index (χ0n) is 18.5. The van der Waals surface area contributed by atoms with Crippen molar-refractivity contribution in [2.75, 3.05) is 26.1 Å².